The maximum absolute atomic E-state index is 10.6. The number of aliphatic hydroxyl groups is 1. The highest BCUT2D eigenvalue weighted by atomic mass is 16.4. The lowest BCUT2D eigenvalue weighted by molar-refractivity contribution is -0.143. The van der Waals surface area contributed by atoms with Crippen molar-refractivity contribution in [1.82, 2.24) is 0 Å². The molecule has 0 aromatic heterocycles. The number of benzene rings is 1. The van der Waals surface area contributed by atoms with E-state index in [0.717, 1.165) is 5.56 Å². The molecule has 2 rings (SSSR count). The maximum atomic E-state index is 10.6. The molecule has 1 aromatic rings. The number of carboxylic acid groups (broad SMARTS) is 1. The van der Waals surface area contributed by atoms with Crippen LogP contribution in [-0.2, 0) is 17.6 Å². The zero-order valence-electron chi connectivity index (χ0n) is 8.81. The molecule has 4 nitrogen and oxygen atoms in total. The van der Waals surface area contributed by atoms with E-state index in [4.69, 9.17) is 5.11 Å². The van der Waals surface area contributed by atoms with E-state index in [-0.39, 0.29) is 18.6 Å². The largest absolute Gasteiger partial charge is 0.508 e. The van der Waals surface area contributed by atoms with Crippen LogP contribution in [0, 0.1) is 0 Å². The quantitative estimate of drug-likeness (QED) is 0.700. The van der Waals surface area contributed by atoms with E-state index in [2.05, 4.69) is 0 Å². The third kappa shape index (κ3) is 2.02. The van der Waals surface area contributed by atoms with Crippen LogP contribution in [0.2, 0.25) is 0 Å². The number of aliphatic carboxylic acids is 1. The first-order valence-electron chi connectivity index (χ1n) is 5.24. The molecule has 0 bridgehead atoms. The predicted molar refractivity (Wildman–Crippen MR) is 57.3 cm³/mol. The molecule has 0 aliphatic heterocycles. The molecular formula is C12H14O4. The molecular weight excluding hydrogens is 208 g/mol. The minimum absolute atomic E-state index is 0.140. The summed E-state index contributed by atoms with van der Waals surface area (Å²) >= 11 is 0. The smallest absolute Gasteiger partial charge is 0.306 e. The van der Waals surface area contributed by atoms with Crippen LogP contribution in [0.3, 0.4) is 0 Å². The van der Waals surface area contributed by atoms with Gasteiger partial charge in [0, 0.05) is 6.42 Å². The van der Waals surface area contributed by atoms with Crippen molar-refractivity contribution in [2.75, 3.05) is 0 Å². The number of phenolic OH excluding ortho intramolecular Hbond substituents is 1. The lowest BCUT2D eigenvalue weighted by Gasteiger charge is -2.32. The summed E-state index contributed by atoms with van der Waals surface area (Å²) in [4.78, 5) is 10.6. The molecule has 0 saturated heterocycles. The van der Waals surface area contributed by atoms with Gasteiger partial charge in [0.15, 0.2) is 0 Å². The molecule has 0 fully saturated rings. The first-order valence-corrected chi connectivity index (χ1v) is 5.24. The monoisotopic (exact) mass is 222 g/mol. The second-order valence-corrected chi connectivity index (χ2v) is 4.39. The summed E-state index contributed by atoms with van der Waals surface area (Å²) in [5, 5.41) is 28.5. The van der Waals surface area contributed by atoms with Crippen LogP contribution >= 0.6 is 0 Å². The van der Waals surface area contributed by atoms with Crippen LogP contribution in [0.1, 0.15) is 24.0 Å². The summed E-state index contributed by atoms with van der Waals surface area (Å²) < 4.78 is 0. The predicted octanol–water partition coefficient (Wildman–Crippen LogP) is 1.09. The van der Waals surface area contributed by atoms with E-state index in [0.29, 0.717) is 18.4 Å². The van der Waals surface area contributed by atoms with Crippen molar-refractivity contribution in [3.8, 4) is 5.75 Å². The van der Waals surface area contributed by atoms with Gasteiger partial charge in [-0.3, -0.25) is 4.79 Å². The fourth-order valence-corrected chi connectivity index (χ4v) is 2.28. The highest BCUT2D eigenvalue weighted by molar-refractivity contribution is 5.68. The number of rotatable bonds is 2. The van der Waals surface area contributed by atoms with Gasteiger partial charge < -0.3 is 15.3 Å². The molecule has 1 unspecified atom stereocenters. The Balaban J connectivity index is 2.29. The van der Waals surface area contributed by atoms with Crippen molar-refractivity contribution in [2.24, 2.45) is 0 Å². The molecule has 86 valence electrons. The van der Waals surface area contributed by atoms with Gasteiger partial charge in [-0.25, -0.2) is 0 Å². The summed E-state index contributed by atoms with van der Waals surface area (Å²) in [7, 11) is 0. The highest BCUT2D eigenvalue weighted by Gasteiger charge is 2.35. The second-order valence-electron chi connectivity index (χ2n) is 4.39. The molecule has 0 spiro atoms. The molecule has 0 radical (unpaired) electrons. The van der Waals surface area contributed by atoms with Gasteiger partial charge in [-0.1, -0.05) is 12.1 Å². The summed E-state index contributed by atoms with van der Waals surface area (Å²) in [5.41, 5.74) is 0.449. The number of aromatic hydroxyl groups is 1. The highest BCUT2D eigenvalue weighted by Crippen LogP contribution is 2.35. The SMILES string of the molecule is O=C(O)CC1(O)CCc2cccc(O)c2C1. The Bertz CT molecular complexity index is 427. The van der Waals surface area contributed by atoms with E-state index in [1.165, 1.54) is 0 Å². The van der Waals surface area contributed by atoms with Crippen LogP contribution < -0.4 is 0 Å². The van der Waals surface area contributed by atoms with E-state index >= 15 is 0 Å². The molecule has 4 heteroatoms. The van der Waals surface area contributed by atoms with Crippen molar-refractivity contribution in [3.63, 3.8) is 0 Å². The lowest BCUT2D eigenvalue weighted by Crippen LogP contribution is -2.38. The third-order valence-corrected chi connectivity index (χ3v) is 3.09. The average Bonchev–Trinajstić information content (AvgIpc) is 2.18. The van der Waals surface area contributed by atoms with Crippen molar-refractivity contribution in [2.45, 2.75) is 31.3 Å². The summed E-state index contributed by atoms with van der Waals surface area (Å²) in [6.07, 6.45) is 0.964. The van der Waals surface area contributed by atoms with Crippen LogP contribution in [0.5, 0.6) is 5.75 Å². The Morgan fingerprint density at radius 1 is 1.44 bits per heavy atom. The summed E-state index contributed by atoms with van der Waals surface area (Å²) in [6.45, 7) is 0. The summed E-state index contributed by atoms with van der Waals surface area (Å²) in [5.74, 6) is -0.873. The molecule has 0 heterocycles. The number of fused-ring (bicyclic) bond motifs is 1. The second kappa shape index (κ2) is 3.79. The fourth-order valence-electron chi connectivity index (χ4n) is 2.28. The Kier molecular flexibility index (Phi) is 2.59. The molecule has 1 aromatic carbocycles. The molecule has 1 atom stereocenters. The van der Waals surface area contributed by atoms with Gasteiger partial charge in [0.05, 0.1) is 12.0 Å². The fraction of sp³-hybridized carbons (Fsp3) is 0.417. The zero-order chi connectivity index (χ0) is 11.8. The standard InChI is InChI=1S/C12H14O4/c13-10-3-1-2-8-4-5-12(16,6-9(8)10)7-11(14)15/h1-3,13,16H,4-7H2,(H,14,15). The van der Waals surface area contributed by atoms with Crippen molar-refractivity contribution < 1.29 is 20.1 Å². The molecule has 0 amide bonds. The number of carboxylic acids is 1. The van der Waals surface area contributed by atoms with Gasteiger partial charge in [-0.05, 0) is 30.0 Å². The van der Waals surface area contributed by atoms with E-state index in [9.17, 15) is 15.0 Å². The Hall–Kier alpha value is -1.55. The molecule has 1 aliphatic rings. The third-order valence-electron chi connectivity index (χ3n) is 3.09. The lowest BCUT2D eigenvalue weighted by atomic mass is 9.78. The van der Waals surface area contributed by atoms with Gasteiger partial charge in [-0.2, -0.15) is 0 Å². The zero-order valence-corrected chi connectivity index (χ0v) is 8.81. The Labute approximate surface area is 93.2 Å². The van der Waals surface area contributed by atoms with E-state index in [1.807, 2.05) is 6.07 Å². The van der Waals surface area contributed by atoms with Crippen LogP contribution in [-0.4, -0.2) is 26.9 Å². The molecule has 16 heavy (non-hydrogen) atoms. The Morgan fingerprint density at radius 3 is 2.88 bits per heavy atom. The molecule has 1 aliphatic carbocycles. The first-order chi connectivity index (χ1) is 7.50. The maximum Gasteiger partial charge on any atom is 0.306 e. The van der Waals surface area contributed by atoms with E-state index < -0.39 is 11.6 Å². The minimum atomic E-state index is -1.22. The number of carbonyl (C=O) groups is 1. The van der Waals surface area contributed by atoms with Gasteiger partial charge in [-0.15, -0.1) is 0 Å². The average molecular weight is 222 g/mol. The number of hydrogen-bond donors (Lipinski definition) is 3. The van der Waals surface area contributed by atoms with Gasteiger partial charge >= 0.3 is 5.97 Å². The number of aryl methyl sites for hydroxylation is 1. The Morgan fingerprint density at radius 2 is 2.19 bits per heavy atom. The van der Waals surface area contributed by atoms with Gasteiger partial charge in [0.25, 0.3) is 0 Å². The topological polar surface area (TPSA) is 77.8 Å². The molecule has 3 N–H and O–H groups in total. The number of phenols is 1. The van der Waals surface area contributed by atoms with Gasteiger partial charge in [0.2, 0.25) is 0 Å². The van der Waals surface area contributed by atoms with E-state index in [1.54, 1.807) is 12.1 Å². The van der Waals surface area contributed by atoms with Crippen LogP contribution in [0.15, 0.2) is 18.2 Å². The molecule has 0 saturated carbocycles. The van der Waals surface area contributed by atoms with Crippen LogP contribution in [0.4, 0.5) is 0 Å². The van der Waals surface area contributed by atoms with Gasteiger partial charge in [0.1, 0.15) is 5.75 Å². The van der Waals surface area contributed by atoms with Crippen molar-refractivity contribution in [3.05, 3.63) is 29.3 Å². The van der Waals surface area contributed by atoms with Crippen LogP contribution in [0.25, 0.3) is 0 Å². The first kappa shape index (κ1) is 11.0. The van der Waals surface area contributed by atoms with Crippen molar-refractivity contribution in [1.29, 1.82) is 0 Å². The number of hydrogen-bond acceptors (Lipinski definition) is 3. The normalized spacial score (nSPS) is 23.8. The van der Waals surface area contributed by atoms with Crippen molar-refractivity contribution >= 4 is 5.97 Å². The summed E-state index contributed by atoms with van der Waals surface area (Å²) in [6, 6.07) is 5.22. The minimum Gasteiger partial charge on any atom is -0.508 e.